The molecule has 7 heteroatoms. The van der Waals surface area contributed by atoms with E-state index in [2.05, 4.69) is 4.72 Å². The lowest BCUT2D eigenvalue weighted by Gasteiger charge is -2.15. The molecule has 0 heterocycles. The number of sulfonamides is 1. The number of nitrogens with one attached hydrogen (secondary N) is 1. The highest BCUT2D eigenvalue weighted by Gasteiger charge is 2.29. The van der Waals surface area contributed by atoms with Gasteiger partial charge in [-0.05, 0) is 48.2 Å². The Morgan fingerprint density at radius 2 is 2.00 bits per heavy atom. The molecule has 0 bridgehead atoms. The van der Waals surface area contributed by atoms with Crippen molar-refractivity contribution in [3.05, 3.63) is 64.2 Å². The second-order valence-electron chi connectivity index (χ2n) is 5.55. The number of ether oxygens (including phenoxy) is 1. The fourth-order valence-corrected chi connectivity index (χ4v) is 4.67. The maximum atomic E-state index is 12.6. The van der Waals surface area contributed by atoms with Gasteiger partial charge >= 0.3 is 5.97 Å². The molecular formula is C17H16ClNO4S. The molecule has 0 saturated carbocycles. The average molecular weight is 366 g/mol. The van der Waals surface area contributed by atoms with Crippen LogP contribution in [-0.2, 0) is 21.2 Å². The number of hydrogen-bond acceptors (Lipinski definition) is 4. The number of aryl methyl sites for hydroxylation is 1. The first-order valence-corrected chi connectivity index (χ1v) is 9.26. The third kappa shape index (κ3) is 3.17. The zero-order valence-electron chi connectivity index (χ0n) is 13.0. The average Bonchev–Trinajstić information content (AvgIpc) is 2.96. The summed E-state index contributed by atoms with van der Waals surface area (Å²) in [5.41, 5.74) is 2.29. The van der Waals surface area contributed by atoms with Gasteiger partial charge < -0.3 is 4.74 Å². The molecule has 0 aromatic heterocycles. The summed E-state index contributed by atoms with van der Waals surface area (Å²) in [6, 6.07) is 11.2. The predicted octanol–water partition coefficient (Wildman–Crippen LogP) is 3.09. The summed E-state index contributed by atoms with van der Waals surface area (Å²) in [4.78, 5) is 11.7. The third-order valence-corrected chi connectivity index (χ3v) is 6.04. The van der Waals surface area contributed by atoms with Crippen LogP contribution in [0.15, 0.2) is 47.4 Å². The smallest absolute Gasteiger partial charge is 0.337 e. The van der Waals surface area contributed by atoms with Crippen LogP contribution in [0.2, 0.25) is 5.02 Å². The number of halogens is 1. The van der Waals surface area contributed by atoms with Crippen molar-refractivity contribution in [2.45, 2.75) is 23.8 Å². The number of carbonyl (C=O) groups is 1. The van der Waals surface area contributed by atoms with Crippen molar-refractivity contribution < 1.29 is 17.9 Å². The molecule has 2 aromatic carbocycles. The van der Waals surface area contributed by atoms with E-state index < -0.39 is 16.0 Å². The molecule has 0 fully saturated rings. The minimum atomic E-state index is -3.72. The minimum absolute atomic E-state index is 0.0614. The monoisotopic (exact) mass is 365 g/mol. The SMILES string of the molecule is COC(=O)c1ccc2c(c1)CC[C@H]2NS(=O)(=O)c1ccccc1Cl. The number of esters is 1. The Bertz CT molecular complexity index is 895. The van der Waals surface area contributed by atoms with Crippen LogP contribution in [0.3, 0.4) is 0 Å². The first-order valence-electron chi connectivity index (χ1n) is 7.40. The molecule has 1 aliphatic rings. The van der Waals surface area contributed by atoms with Gasteiger partial charge in [-0.25, -0.2) is 17.9 Å². The van der Waals surface area contributed by atoms with E-state index in [1.807, 2.05) is 0 Å². The van der Waals surface area contributed by atoms with E-state index in [1.54, 1.807) is 36.4 Å². The van der Waals surface area contributed by atoms with Crippen molar-refractivity contribution in [3.63, 3.8) is 0 Å². The molecule has 2 aromatic rings. The fraction of sp³-hybridized carbons (Fsp3) is 0.235. The molecule has 1 N–H and O–H groups in total. The number of benzene rings is 2. The largest absolute Gasteiger partial charge is 0.465 e. The molecule has 5 nitrogen and oxygen atoms in total. The molecule has 0 unspecified atom stereocenters. The van der Waals surface area contributed by atoms with Crippen LogP contribution in [0.4, 0.5) is 0 Å². The summed E-state index contributed by atoms with van der Waals surface area (Å²) in [7, 11) is -2.39. The molecule has 0 saturated heterocycles. The van der Waals surface area contributed by atoms with Gasteiger partial charge in [0.15, 0.2) is 0 Å². The lowest BCUT2D eigenvalue weighted by molar-refractivity contribution is 0.0600. The summed E-state index contributed by atoms with van der Waals surface area (Å²) >= 11 is 6.00. The zero-order valence-corrected chi connectivity index (χ0v) is 14.5. The molecule has 0 spiro atoms. The Morgan fingerprint density at radius 3 is 2.71 bits per heavy atom. The summed E-state index contributed by atoms with van der Waals surface area (Å²) in [5, 5.41) is 0.184. The first-order chi connectivity index (χ1) is 11.4. The van der Waals surface area contributed by atoms with E-state index in [0.717, 1.165) is 11.1 Å². The number of hydrogen-bond donors (Lipinski definition) is 1. The van der Waals surface area contributed by atoms with Crippen molar-refractivity contribution in [2.24, 2.45) is 0 Å². The van der Waals surface area contributed by atoms with E-state index in [9.17, 15) is 13.2 Å². The fourth-order valence-electron chi connectivity index (χ4n) is 2.90. The van der Waals surface area contributed by atoms with Crippen molar-refractivity contribution in [3.8, 4) is 0 Å². The van der Waals surface area contributed by atoms with Gasteiger partial charge in [0.05, 0.1) is 17.7 Å². The Hall–Kier alpha value is -1.89. The Labute approximate surface area is 145 Å². The van der Waals surface area contributed by atoms with Gasteiger partial charge in [0, 0.05) is 6.04 Å². The van der Waals surface area contributed by atoms with Gasteiger partial charge in [0.25, 0.3) is 0 Å². The van der Waals surface area contributed by atoms with E-state index in [1.165, 1.54) is 13.2 Å². The maximum Gasteiger partial charge on any atom is 0.337 e. The summed E-state index contributed by atoms with van der Waals surface area (Å²) in [6.45, 7) is 0. The van der Waals surface area contributed by atoms with Crippen molar-refractivity contribution in [2.75, 3.05) is 7.11 Å². The Morgan fingerprint density at radius 1 is 1.25 bits per heavy atom. The van der Waals surface area contributed by atoms with E-state index in [4.69, 9.17) is 16.3 Å². The van der Waals surface area contributed by atoms with E-state index >= 15 is 0 Å². The van der Waals surface area contributed by atoms with Crippen LogP contribution in [0.1, 0.15) is 33.9 Å². The van der Waals surface area contributed by atoms with Crippen LogP contribution in [0.25, 0.3) is 0 Å². The normalized spacial score (nSPS) is 16.7. The Balaban J connectivity index is 1.87. The maximum absolute atomic E-state index is 12.6. The Kier molecular flexibility index (Phi) is 4.62. The van der Waals surface area contributed by atoms with Crippen molar-refractivity contribution in [1.29, 1.82) is 0 Å². The molecule has 0 aliphatic heterocycles. The van der Waals surface area contributed by atoms with Crippen LogP contribution >= 0.6 is 11.6 Å². The highest BCUT2D eigenvalue weighted by atomic mass is 35.5. The van der Waals surface area contributed by atoms with Crippen LogP contribution in [0.5, 0.6) is 0 Å². The van der Waals surface area contributed by atoms with Gasteiger partial charge in [0.1, 0.15) is 4.90 Å². The van der Waals surface area contributed by atoms with Gasteiger partial charge in [-0.1, -0.05) is 29.8 Å². The molecule has 126 valence electrons. The highest BCUT2D eigenvalue weighted by molar-refractivity contribution is 7.89. The lowest BCUT2D eigenvalue weighted by Crippen LogP contribution is -2.27. The molecule has 1 aliphatic carbocycles. The summed E-state index contributed by atoms with van der Waals surface area (Å²) < 4.78 is 32.6. The first kappa shape index (κ1) is 17.0. The molecule has 0 radical (unpaired) electrons. The highest BCUT2D eigenvalue weighted by Crippen LogP contribution is 2.33. The lowest BCUT2D eigenvalue weighted by atomic mass is 10.1. The number of carbonyl (C=O) groups excluding carboxylic acids is 1. The van der Waals surface area contributed by atoms with Gasteiger partial charge in [-0.15, -0.1) is 0 Å². The van der Waals surface area contributed by atoms with Crippen LogP contribution in [-0.4, -0.2) is 21.5 Å². The number of fused-ring (bicyclic) bond motifs is 1. The van der Waals surface area contributed by atoms with Crippen LogP contribution in [0, 0.1) is 0 Å². The second-order valence-corrected chi connectivity index (χ2v) is 7.64. The molecular weight excluding hydrogens is 350 g/mol. The third-order valence-electron chi connectivity index (χ3n) is 4.07. The summed E-state index contributed by atoms with van der Waals surface area (Å²) in [6.07, 6.45) is 1.32. The molecule has 3 rings (SSSR count). The molecule has 0 amide bonds. The minimum Gasteiger partial charge on any atom is -0.465 e. The zero-order chi connectivity index (χ0) is 17.3. The number of methoxy groups -OCH3 is 1. The van der Waals surface area contributed by atoms with Crippen molar-refractivity contribution >= 4 is 27.6 Å². The quantitative estimate of drug-likeness (QED) is 0.845. The van der Waals surface area contributed by atoms with Gasteiger partial charge in [-0.3, -0.25) is 0 Å². The number of rotatable bonds is 4. The van der Waals surface area contributed by atoms with E-state index in [-0.39, 0.29) is 16.0 Å². The van der Waals surface area contributed by atoms with Crippen molar-refractivity contribution in [1.82, 2.24) is 4.72 Å². The van der Waals surface area contributed by atoms with Gasteiger partial charge in [0.2, 0.25) is 10.0 Å². The second kappa shape index (κ2) is 6.55. The standard InChI is InChI=1S/C17H16ClNO4S/c1-23-17(20)12-6-8-13-11(10-12)7-9-15(13)19-24(21,22)16-5-3-2-4-14(16)18/h2-6,8,10,15,19H,7,9H2,1H3/t15-/m1/s1. The molecule has 1 atom stereocenters. The topological polar surface area (TPSA) is 72.5 Å². The van der Waals surface area contributed by atoms with Gasteiger partial charge in [-0.2, -0.15) is 0 Å². The van der Waals surface area contributed by atoms with Crippen LogP contribution < -0.4 is 4.72 Å². The molecule has 24 heavy (non-hydrogen) atoms. The van der Waals surface area contributed by atoms with E-state index in [0.29, 0.717) is 18.4 Å². The predicted molar refractivity (Wildman–Crippen MR) is 90.6 cm³/mol. The summed E-state index contributed by atoms with van der Waals surface area (Å²) in [5.74, 6) is -0.405.